The smallest absolute Gasteiger partial charge is 0.126 e. The first-order valence-corrected chi connectivity index (χ1v) is 6.00. The molecule has 18 heavy (non-hydrogen) atoms. The molecule has 0 aliphatic carbocycles. The Morgan fingerprint density at radius 3 is 2.50 bits per heavy atom. The third kappa shape index (κ3) is 2.21. The molecular weight excluding hydrogens is 232 g/mol. The quantitative estimate of drug-likeness (QED) is 0.853. The fourth-order valence-electron chi connectivity index (χ4n) is 2.51. The number of fused-ring (bicyclic) bond motifs is 1. The minimum atomic E-state index is -0.513. The molecule has 2 aromatic carbocycles. The fourth-order valence-corrected chi connectivity index (χ4v) is 2.51. The summed E-state index contributed by atoms with van der Waals surface area (Å²) in [5, 5.41) is 3.38. The van der Waals surface area contributed by atoms with Gasteiger partial charge in [0.25, 0.3) is 0 Å². The molecule has 3 heteroatoms. The van der Waals surface area contributed by atoms with Gasteiger partial charge in [-0.25, -0.2) is 8.78 Å². The van der Waals surface area contributed by atoms with Gasteiger partial charge in [-0.15, -0.1) is 0 Å². The summed E-state index contributed by atoms with van der Waals surface area (Å²) in [6, 6.07) is 12.0. The number of hydrogen-bond donors (Lipinski definition) is 1. The molecule has 0 aromatic heterocycles. The molecule has 0 saturated heterocycles. The zero-order valence-electron chi connectivity index (χ0n) is 9.79. The van der Waals surface area contributed by atoms with Crippen molar-refractivity contribution < 1.29 is 8.78 Å². The van der Waals surface area contributed by atoms with Gasteiger partial charge in [-0.3, -0.25) is 0 Å². The molecule has 1 heterocycles. The summed E-state index contributed by atoms with van der Waals surface area (Å²) in [7, 11) is 0. The monoisotopic (exact) mass is 245 g/mol. The van der Waals surface area contributed by atoms with Crippen LogP contribution < -0.4 is 5.32 Å². The summed E-state index contributed by atoms with van der Waals surface area (Å²) >= 11 is 0. The van der Waals surface area contributed by atoms with E-state index in [9.17, 15) is 8.78 Å². The molecule has 2 aromatic rings. The Morgan fingerprint density at radius 1 is 1.06 bits per heavy atom. The second-order valence-corrected chi connectivity index (χ2v) is 4.68. The van der Waals surface area contributed by atoms with E-state index in [2.05, 4.69) is 11.4 Å². The summed E-state index contributed by atoms with van der Waals surface area (Å²) in [5.74, 6) is -1.03. The van der Waals surface area contributed by atoms with Crippen molar-refractivity contribution in [2.75, 3.05) is 5.32 Å². The maximum atomic E-state index is 13.1. The Balaban J connectivity index is 1.76. The van der Waals surface area contributed by atoms with Crippen LogP contribution in [0.25, 0.3) is 0 Å². The normalized spacial score (nSPS) is 17.3. The molecule has 1 atom stereocenters. The van der Waals surface area contributed by atoms with Gasteiger partial charge in [0, 0.05) is 17.8 Å². The van der Waals surface area contributed by atoms with Crippen LogP contribution in [0.4, 0.5) is 14.5 Å². The minimum absolute atomic E-state index is 0.212. The van der Waals surface area contributed by atoms with Gasteiger partial charge in [-0.1, -0.05) is 18.2 Å². The van der Waals surface area contributed by atoms with Crippen molar-refractivity contribution in [3.05, 3.63) is 65.2 Å². The molecule has 1 aliphatic rings. The first kappa shape index (κ1) is 11.2. The van der Waals surface area contributed by atoms with Gasteiger partial charge in [0.2, 0.25) is 0 Å². The van der Waals surface area contributed by atoms with Crippen molar-refractivity contribution in [2.45, 2.75) is 18.9 Å². The van der Waals surface area contributed by atoms with E-state index in [1.54, 1.807) is 0 Å². The summed E-state index contributed by atoms with van der Waals surface area (Å²) in [5.41, 5.74) is 3.08. The van der Waals surface area contributed by atoms with Crippen LogP contribution in [-0.4, -0.2) is 6.04 Å². The Kier molecular flexibility index (Phi) is 2.74. The lowest BCUT2D eigenvalue weighted by Crippen LogP contribution is -2.18. The van der Waals surface area contributed by atoms with Crippen molar-refractivity contribution in [3.8, 4) is 0 Å². The third-order valence-electron chi connectivity index (χ3n) is 3.25. The van der Waals surface area contributed by atoms with Crippen LogP contribution in [0, 0.1) is 11.6 Å². The van der Waals surface area contributed by atoms with Gasteiger partial charge in [-0.05, 0) is 42.2 Å². The number of benzene rings is 2. The SMILES string of the molecule is Fc1cc(F)cc(CC2Cc3ccccc3N2)c1. The van der Waals surface area contributed by atoms with Crippen molar-refractivity contribution in [1.29, 1.82) is 0 Å². The number of nitrogens with one attached hydrogen (secondary N) is 1. The van der Waals surface area contributed by atoms with Crippen molar-refractivity contribution in [2.24, 2.45) is 0 Å². The fraction of sp³-hybridized carbons (Fsp3) is 0.200. The van der Waals surface area contributed by atoms with Gasteiger partial charge >= 0.3 is 0 Å². The zero-order valence-corrected chi connectivity index (χ0v) is 9.79. The highest BCUT2D eigenvalue weighted by molar-refractivity contribution is 5.56. The van der Waals surface area contributed by atoms with E-state index in [-0.39, 0.29) is 6.04 Å². The minimum Gasteiger partial charge on any atom is -0.381 e. The number of halogens is 2. The second-order valence-electron chi connectivity index (χ2n) is 4.68. The van der Waals surface area contributed by atoms with E-state index in [1.807, 2.05) is 18.2 Å². The predicted octanol–water partition coefficient (Wildman–Crippen LogP) is 3.54. The average molecular weight is 245 g/mol. The summed E-state index contributed by atoms with van der Waals surface area (Å²) in [6.07, 6.45) is 1.53. The van der Waals surface area contributed by atoms with Gasteiger partial charge in [0.15, 0.2) is 0 Å². The molecular formula is C15H13F2N. The number of rotatable bonds is 2. The second kappa shape index (κ2) is 4.41. The Bertz CT molecular complexity index is 535. The molecule has 0 spiro atoms. The van der Waals surface area contributed by atoms with E-state index in [4.69, 9.17) is 0 Å². The highest BCUT2D eigenvalue weighted by Gasteiger charge is 2.20. The average Bonchev–Trinajstić information content (AvgIpc) is 2.69. The molecule has 1 N–H and O–H groups in total. The molecule has 0 saturated carbocycles. The topological polar surface area (TPSA) is 12.0 Å². The Morgan fingerprint density at radius 2 is 1.78 bits per heavy atom. The van der Waals surface area contributed by atoms with Crippen LogP contribution in [-0.2, 0) is 12.8 Å². The molecule has 3 rings (SSSR count). The summed E-state index contributed by atoms with van der Waals surface area (Å²) in [4.78, 5) is 0. The van der Waals surface area contributed by atoms with Gasteiger partial charge in [-0.2, -0.15) is 0 Å². The lowest BCUT2D eigenvalue weighted by atomic mass is 10.0. The largest absolute Gasteiger partial charge is 0.381 e. The molecule has 0 radical (unpaired) electrons. The predicted molar refractivity (Wildman–Crippen MR) is 67.6 cm³/mol. The van der Waals surface area contributed by atoms with E-state index >= 15 is 0 Å². The summed E-state index contributed by atoms with van der Waals surface area (Å²) in [6.45, 7) is 0. The first-order chi connectivity index (χ1) is 8.70. The number of hydrogen-bond acceptors (Lipinski definition) is 1. The lowest BCUT2D eigenvalue weighted by Gasteiger charge is -2.11. The van der Waals surface area contributed by atoms with Crippen LogP contribution in [0.2, 0.25) is 0 Å². The zero-order chi connectivity index (χ0) is 12.5. The van der Waals surface area contributed by atoms with Crippen LogP contribution in [0.1, 0.15) is 11.1 Å². The van der Waals surface area contributed by atoms with E-state index in [0.29, 0.717) is 12.0 Å². The van der Waals surface area contributed by atoms with Crippen LogP contribution >= 0.6 is 0 Å². The maximum Gasteiger partial charge on any atom is 0.126 e. The van der Waals surface area contributed by atoms with Crippen molar-refractivity contribution in [3.63, 3.8) is 0 Å². The number of para-hydroxylation sites is 1. The molecule has 0 amide bonds. The Hall–Kier alpha value is -1.90. The van der Waals surface area contributed by atoms with Crippen LogP contribution in [0.15, 0.2) is 42.5 Å². The molecule has 0 fully saturated rings. The Labute approximate surface area is 104 Å². The lowest BCUT2D eigenvalue weighted by molar-refractivity contribution is 0.577. The van der Waals surface area contributed by atoms with Crippen LogP contribution in [0.3, 0.4) is 0 Å². The van der Waals surface area contributed by atoms with Crippen LogP contribution in [0.5, 0.6) is 0 Å². The van der Waals surface area contributed by atoms with Gasteiger partial charge < -0.3 is 5.32 Å². The highest BCUT2D eigenvalue weighted by Crippen LogP contribution is 2.27. The van der Waals surface area contributed by atoms with Gasteiger partial charge in [0.1, 0.15) is 11.6 Å². The molecule has 92 valence electrons. The molecule has 0 bridgehead atoms. The first-order valence-electron chi connectivity index (χ1n) is 6.00. The maximum absolute atomic E-state index is 13.1. The summed E-state index contributed by atoms with van der Waals surface area (Å²) < 4.78 is 26.2. The van der Waals surface area contributed by atoms with Crippen molar-refractivity contribution in [1.82, 2.24) is 0 Å². The van der Waals surface area contributed by atoms with E-state index < -0.39 is 11.6 Å². The van der Waals surface area contributed by atoms with E-state index in [1.165, 1.54) is 17.7 Å². The number of anilines is 1. The third-order valence-corrected chi connectivity index (χ3v) is 3.25. The standard InChI is InChI=1S/C15H13F2N/c16-12-5-10(6-13(17)9-12)7-14-8-11-3-1-2-4-15(11)18-14/h1-6,9,14,18H,7-8H2. The van der Waals surface area contributed by atoms with Gasteiger partial charge in [0.05, 0.1) is 0 Å². The molecule has 1 unspecified atom stereocenters. The van der Waals surface area contributed by atoms with Crippen molar-refractivity contribution >= 4 is 5.69 Å². The molecule has 1 nitrogen and oxygen atoms in total. The highest BCUT2D eigenvalue weighted by atomic mass is 19.1. The van der Waals surface area contributed by atoms with E-state index in [0.717, 1.165) is 18.2 Å². The molecule has 1 aliphatic heterocycles.